The van der Waals surface area contributed by atoms with Crippen LogP contribution in [-0.2, 0) is 6.54 Å². The van der Waals surface area contributed by atoms with Gasteiger partial charge in [0.05, 0.1) is 0 Å². The topological polar surface area (TPSA) is 21.1 Å². The first-order valence-corrected chi connectivity index (χ1v) is 8.18. The van der Waals surface area contributed by atoms with Crippen LogP contribution in [0.3, 0.4) is 0 Å². The molecule has 0 radical (unpaired) electrons. The third-order valence-electron chi connectivity index (χ3n) is 4.89. The maximum absolute atomic E-state index is 4.53. The average Bonchev–Trinajstić information content (AvgIpc) is 3.09. The van der Waals surface area contributed by atoms with E-state index in [-0.39, 0.29) is 0 Å². The highest BCUT2D eigenvalue weighted by molar-refractivity contribution is 5.21. The normalized spacial score (nSPS) is 22.8. The van der Waals surface area contributed by atoms with Crippen molar-refractivity contribution in [1.29, 1.82) is 0 Å². The summed E-state index contributed by atoms with van der Waals surface area (Å²) in [6.07, 6.45) is 8.07. The fraction of sp³-hybridized carbons (Fsp3) is 0.500. The van der Waals surface area contributed by atoms with Crippen molar-refractivity contribution in [2.24, 2.45) is 0 Å². The first kappa shape index (κ1) is 13.1. The molecule has 3 nitrogen and oxygen atoms in total. The van der Waals surface area contributed by atoms with Crippen LogP contribution in [0.2, 0.25) is 0 Å². The van der Waals surface area contributed by atoms with E-state index in [1.807, 2.05) is 6.20 Å². The lowest BCUT2D eigenvalue weighted by Crippen LogP contribution is -2.25. The Morgan fingerprint density at radius 1 is 1.00 bits per heavy atom. The van der Waals surface area contributed by atoms with Gasteiger partial charge in [-0.2, -0.15) is 0 Å². The zero-order chi connectivity index (χ0) is 14.1. The molecule has 4 rings (SSSR count). The lowest BCUT2D eigenvalue weighted by molar-refractivity contribution is 0.316. The maximum atomic E-state index is 4.53. The predicted molar refractivity (Wildman–Crippen MR) is 84.4 cm³/mol. The summed E-state index contributed by atoms with van der Waals surface area (Å²) < 4.78 is 2.37. The van der Waals surface area contributed by atoms with Crippen LogP contribution in [0.15, 0.2) is 42.7 Å². The van der Waals surface area contributed by atoms with E-state index in [1.54, 1.807) is 0 Å². The second-order valence-corrected chi connectivity index (χ2v) is 6.45. The van der Waals surface area contributed by atoms with Crippen LogP contribution in [0.25, 0.3) is 0 Å². The smallest absolute Gasteiger partial charge is 0.111 e. The molecule has 2 fully saturated rings. The molecule has 1 saturated heterocycles. The van der Waals surface area contributed by atoms with Gasteiger partial charge in [-0.15, -0.1) is 0 Å². The molecule has 2 aromatic rings. The standard InChI is InChI=1S/C18H23N3/c1-2-4-15(5-3-1)17-8-10-20(14-17)12-13-21-11-9-19-18(21)16-6-7-16/h1-5,9,11,16-17H,6-8,10,12-14H2. The van der Waals surface area contributed by atoms with Gasteiger partial charge < -0.3 is 9.47 Å². The number of aromatic nitrogens is 2. The first-order chi connectivity index (χ1) is 10.4. The van der Waals surface area contributed by atoms with Crippen molar-refractivity contribution < 1.29 is 0 Å². The number of nitrogens with zero attached hydrogens (tertiary/aromatic N) is 3. The molecule has 1 aliphatic heterocycles. The van der Waals surface area contributed by atoms with E-state index < -0.39 is 0 Å². The monoisotopic (exact) mass is 281 g/mol. The number of likely N-dealkylation sites (tertiary alicyclic amines) is 1. The summed E-state index contributed by atoms with van der Waals surface area (Å²) in [4.78, 5) is 7.14. The largest absolute Gasteiger partial charge is 0.333 e. The zero-order valence-corrected chi connectivity index (χ0v) is 12.5. The van der Waals surface area contributed by atoms with Crippen molar-refractivity contribution in [1.82, 2.24) is 14.5 Å². The molecule has 2 aliphatic rings. The highest BCUT2D eigenvalue weighted by Crippen LogP contribution is 2.39. The average molecular weight is 281 g/mol. The Kier molecular flexibility index (Phi) is 3.52. The summed E-state index contributed by atoms with van der Waals surface area (Å²) in [6.45, 7) is 4.68. The van der Waals surface area contributed by atoms with Crippen LogP contribution < -0.4 is 0 Å². The van der Waals surface area contributed by atoms with Crippen LogP contribution in [0.5, 0.6) is 0 Å². The Labute approximate surface area is 126 Å². The van der Waals surface area contributed by atoms with E-state index in [1.165, 1.54) is 43.7 Å². The number of hydrogen-bond acceptors (Lipinski definition) is 2. The van der Waals surface area contributed by atoms with E-state index in [4.69, 9.17) is 0 Å². The fourth-order valence-electron chi connectivity index (χ4n) is 3.49. The molecule has 1 aromatic heterocycles. The molecule has 0 amide bonds. The van der Waals surface area contributed by atoms with Crippen LogP contribution >= 0.6 is 0 Å². The number of benzene rings is 1. The van der Waals surface area contributed by atoms with Crippen molar-refractivity contribution in [3.63, 3.8) is 0 Å². The van der Waals surface area contributed by atoms with Gasteiger partial charge >= 0.3 is 0 Å². The van der Waals surface area contributed by atoms with Crippen molar-refractivity contribution in [3.8, 4) is 0 Å². The van der Waals surface area contributed by atoms with E-state index >= 15 is 0 Å². The van der Waals surface area contributed by atoms with Crippen LogP contribution in [0, 0.1) is 0 Å². The molecule has 0 bridgehead atoms. The van der Waals surface area contributed by atoms with Gasteiger partial charge in [-0.25, -0.2) is 4.98 Å². The van der Waals surface area contributed by atoms with E-state index in [2.05, 4.69) is 51.0 Å². The summed E-state index contributed by atoms with van der Waals surface area (Å²) in [5.41, 5.74) is 1.50. The number of hydrogen-bond donors (Lipinski definition) is 0. The maximum Gasteiger partial charge on any atom is 0.111 e. The second-order valence-electron chi connectivity index (χ2n) is 6.45. The molecule has 2 heterocycles. The van der Waals surface area contributed by atoms with Gasteiger partial charge in [0.2, 0.25) is 0 Å². The molecule has 3 heteroatoms. The third kappa shape index (κ3) is 2.88. The minimum atomic E-state index is 0.719. The molecule has 1 aromatic carbocycles. The van der Waals surface area contributed by atoms with Gasteiger partial charge in [0.25, 0.3) is 0 Å². The molecular formula is C18H23N3. The summed E-state index contributed by atoms with van der Waals surface area (Å²) in [5, 5.41) is 0. The quantitative estimate of drug-likeness (QED) is 0.839. The second kappa shape index (κ2) is 5.64. The van der Waals surface area contributed by atoms with Gasteiger partial charge in [0.1, 0.15) is 5.82 Å². The fourth-order valence-corrected chi connectivity index (χ4v) is 3.49. The molecule has 1 atom stereocenters. The van der Waals surface area contributed by atoms with E-state index in [0.29, 0.717) is 0 Å². The van der Waals surface area contributed by atoms with Crippen LogP contribution in [0.4, 0.5) is 0 Å². The molecule has 1 unspecified atom stereocenters. The highest BCUT2D eigenvalue weighted by atomic mass is 15.2. The Morgan fingerprint density at radius 2 is 1.86 bits per heavy atom. The Morgan fingerprint density at radius 3 is 2.67 bits per heavy atom. The minimum absolute atomic E-state index is 0.719. The van der Waals surface area contributed by atoms with E-state index in [9.17, 15) is 0 Å². The van der Waals surface area contributed by atoms with Crippen LogP contribution in [-0.4, -0.2) is 34.1 Å². The summed E-state index contributed by atoms with van der Waals surface area (Å²) in [7, 11) is 0. The SMILES string of the molecule is c1ccc(C2CCN(CCn3ccnc3C3CC3)C2)cc1. The first-order valence-electron chi connectivity index (χ1n) is 8.18. The van der Waals surface area contributed by atoms with Gasteiger partial charge in [-0.1, -0.05) is 30.3 Å². The highest BCUT2D eigenvalue weighted by Gasteiger charge is 2.28. The molecule has 1 saturated carbocycles. The number of rotatable bonds is 5. The van der Waals surface area contributed by atoms with Gasteiger partial charge in [-0.05, 0) is 37.3 Å². The molecule has 0 N–H and O–H groups in total. The Hall–Kier alpha value is -1.61. The lowest BCUT2D eigenvalue weighted by Gasteiger charge is -2.17. The summed E-state index contributed by atoms with van der Waals surface area (Å²) in [6, 6.07) is 11.0. The van der Waals surface area contributed by atoms with Gasteiger partial charge in [0.15, 0.2) is 0 Å². The zero-order valence-electron chi connectivity index (χ0n) is 12.5. The predicted octanol–water partition coefficient (Wildman–Crippen LogP) is 3.25. The van der Waals surface area contributed by atoms with Crippen LogP contribution in [0.1, 0.15) is 42.5 Å². The molecule has 110 valence electrons. The molecular weight excluding hydrogens is 258 g/mol. The Bertz CT molecular complexity index is 586. The van der Waals surface area contributed by atoms with E-state index in [0.717, 1.165) is 24.9 Å². The summed E-state index contributed by atoms with van der Waals surface area (Å²) in [5.74, 6) is 2.78. The molecule has 1 aliphatic carbocycles. The van der Waals surface area contributed by atoms with Crippen molar-refractivity contribution >= 4 is 0 Å². The number of imidazole rings is 1. The van der Waals surface area contributed by atoms with Gasteiger partial charge in [-0.3, -0.25) is 0 Å². The lowest BCUT2D eigenvalue weighted by atomic mass is 9.99. The van der Waals surface area contributed by atoms with Crippen molar-refractivity contribution in [3.05, 3.63) is 54.1 Å². The van der Waals surface area contributed by atoms with Gasteiger partial charge in [0, 0.05) is 37.9 Å². The van der Waals surface area contributed by atoms with Crippen molar-refractivity contribution in [2.75, 3.05) is 19.6 Å². The Balaban J connectivity index is 1.33. The minimum Gasteiger partial charge on any atom is -0.333 e. The van der Waals surface area contributed by atoms with Crippen molar-refractivity contribution in [2.45, 2.75) is 37.6 Å². The third-order valence-corrected chi connectivity index (χ3v) is 4.89. The molecule has 21 heavy (non-hydrogen) atoms. The molecule has 0 spiro atoms. The summed E-state index contributed by atoms with van der Waals surface area (Å²) >= 11 is 0.